The number of nitrogens with zero attached hydrogens (tertiary/aromatic N) is 2. The van der Waals surface area contributed by atoms with Crippen molar-refractivity contribution in [1.82, 2.24) is 9.97 Å². The summed E-state index contributed by atoms with van der Waals surface area (Å²) in [6, 6.07) is 4.89. The number of carbonyl (C=O) groups is 2. The fraction of sp³-hybridized carbons (Fsp3) is 0.400. The molecule has 0 bridgehead atoms. The number of piperidine rings is 1. The van der Waals surface area contributed by atoms with Gasteiger partial charge in [-0.25, -0.2) is 0 Å². The van der Waals surface area contributed by atoms with Crippen LogP contribution in [-0.2, 0) is 9.59 Å². The molecule has 10 heteroatoms. The van der Waals surface area contributed by atoms with Crippen LogP contribution in [0.2, 0.25) is 10.0 Å². The van der Waals surface area contributed by atoms with Crippen LogP contribution in [-0.4, -0.2) is 34.4 Å². The van der Waals surface area contributed by atoms with Crippen LogP contribution in [0.3, 0.4) is 0 Å². The van der Waals surface area contributed by atoms with E-state index in [0.717, 1.165) is 25.8 Å². The molecule has 2 atom stereocenters. The molecule has 1 aromatic carbocycles. The zero-order valence-corrected chi connectivity index (χ0v) is 17.8. The van der Waals surface area contributed by atoms with Crippen LogP contribution >= 0.6 is 23.2 Å². The molecule has 0 radical (unpaired) electrons. The van der Waals surface area contributed by atoms with Gasteiger partial charge in [0.1, 0.15) is 5.82 Å². The second-order valence-electron chi connectivity index (χ2n) is 7.61. The molecule has 0 aliphatic carbocycles. The minimum Gasteiger partial charge on any atom is -0.340 e. The SMILES string of the molecule is C[C@H]1CCCCN1c1nc2c(c(=O)[nH]1)[C@@H](C(=O)Nc1ccc(Cl)c(Cl)c1)CC(=O)N2. The highest BCUT2D eigenvalue weighted by Crippen LogP contribution is 2.32. The third-order valence-corrected chi connectivity index (χ3v) is 6.26. The Balaban J connectivity index is 1.65. The molecule has 0 unspecified atom stereocenters. The first-order valence-electron chi connectivity index (χ1n) is 9.80. The molecule has 8 nitrogen and oxygen atoms in total. The summed E-state index contributed by atoms with van der Waals surface area (Å²) in [5.74, 6) is -1.27. The van der Waals surface area contributed by atoms with Gasteiger partial charge in [-0.3, -0.25) is 19.4 Å². The van der Waals surface area contributed by atoms with E-state index in [9.17, 15) is 14.4 Å². The number of amides is 2. The van der Waals surface area contributed by atoms with Gasteiger partial charge in [0.05, 0.1) is 21.5 Å². The average Bonchev–Trinajstić information content (AvgIpc) is 2.70. The van der Waals surface area contributed by atoms with Crippen molar-refractivity contribution in [2.24, 2.45) is 0 Å². The summed E-state index contributed by atoms with van der Waals surface area (Å²) in [5.41, 5.74) is 0.146. The first-order chi connectivity index (χ1) is 14.3. The zero-order valence-electron chi connectivity index (χ0n) is 16.3. The topological polar surface area (TPSA) is 107 Å². The molecular weight excluding hydrogens is 429 g/mol. The van der Waals surface area contributed by atoms with E-state index in [1.165, 1.54) is 6.07 Å². The number of aromatic amines is 1. The minimum atomic E-state index is -0.965. The predicted molar refractivity (Wildman–Crippen MR) is 117 cm³/mol. The second-order valence-corrected chi connectivity index (χ2v) is 8.43. The van der Waals surface area contributed by atoms with Crippen molar-refractivity contribution in [2.45, 2.75) is 44.6 Å². The molecule has 30 heavy (non-hydrogen) atoms. The number of H-pyrrole nitrogens is 1. The lowest BCUT2D eigenvalue weighted by molar-refractivity contribution is -0.123. The normalized spacial score (nSPS) is 21.0. The van der Waals surface area contributed by atoms with Crippen LogP contribution in [0.4, 0.5) is 17.5 Å². The third kappa shape index (κ3) is 4.02. The summed E-state index contributed by atoms with van der Waals surface area (Å²) in [6.07, 6.45) is 2.99. The summed E-state index contributed by atoms with van der Waals surface area (Å²) in [7, 11) is 0. The van der Waals surface area contributed by atoms with Gasteiger partial charge >= 0.3 is 0 Å². The lowest BCUT2D eigenvalue weighted by atomic mass is 9.92. The standard InChI is InChI=1S/C20H21Cl2N5O3/c1-10-4-2-3-7-27(10)20-25-17-16(19(30)26-20)12(9-15(28)24-17)18(29)23-11-5-6-13(21)14(22)8-11/h5-6,8,10,12H,2-4,7,9H2,1H3,(H,23,29)(H2,24,25,26,28,30)/t10-,12-/m0/s1. The molecule has 2 amide bonds. The predicted octanol–water partition coefficient (Wildman–Crippen LogP) is 3.52. The fourth-order valence-electron chi connectivity index (χ4n) is 3.94. The number of rotatable bonds is 3. The molecule has 3 N–H and O–H groups in total. The Kier molecular flexibility index (Phi) is 5.71. The molecular formula is C20H21Cl2N5O3. The van der Waals surface area contributed by atoms with E-state index in [4.69, 9.17) is 23.2 Å². The van der Waals surface area contributed by atoms with Crippen molar-refractivity contribution in [3.05, 3.63) is 44.2 Å². The second kappa shape index (κ2) is 8.28. The Morgan fingerprint density at radius 3 is 2.77 bits per heavy atom. The summed E-state index contributed by atoms with van der Waals surface area (Å²) in [6.45, 7) is 2.85. The van der Waals surface area contributed by atoms with E-state index in [2.05, 4.69) is 27.5 Å². The molecule has 0 saturated carbocycles. The van der Waals surface area contributed by atoms with Crippen molar-refractivity contribution < 1.29 is 9.59 Å². The van der Waals surface area contributed by atoms with Crippen LogP contribution in [0.5, 0.6) is 0 Å². The van der Waals surface area contributed by atoms with Gasteiger partial charge in [-0.15, -0.1) is 0 Å². The Bertz CT molecular complexity index is 1070. The first kappa shape index (κ1) is 20.7. The molecule has 3 heterocycles. The molecule has 2 aromatic rings. The number of fused-ring (bicyclic) bond motifs is 1. The molecule has 0 spiro atoms. The molecule has 1 fully saturated rings. The Hall–Kier alpha value is -2.58. The highest BCUT2D eigenvalue weighted by molar-refractivity contribution is 6.42. The van der Waals surface area contributed by atoms with E-state index in [0.29, 0.717) is 16.7 Å². The Labute approximate surface area is 183 Å². The van der Waals surface area contributed by atoms with Crippen molar-refractivity contribution in [2.75, 3.05) is 22.1 Å². The minimum absolute atomic E-state index is 0.136. The van der Waals surface area contributed by atoms with Gasteiger partial charge in [0.2, 0.25) is 17.8 Å². The lowest BCUT2D eigenvalue weighted by Crippen LogP contribution is -2.41. The number of carbonyl (C=O) groups excluding carboxylic acids is 2. The van der Waals surface area contributed by atoms with E-state index >= 15 is 0 Å². The van der Waals surface area contributed by atoms with Crippen molar-refractivity contribution in [3.63, 3.8) is 0 Å². The van der Waals surface area contributed by atoms with E-state index in [1.807, 2.05) is 4.90 Å². The fourth-order valence-corrected chi connectivity index (χ4v) is 4.23. The van der Waals surface area contributed by atoms with Gasteiger partial charge < -0.3 is 15.5 Å². The lowest BCUT2D eigenvalue weighted by Gasteiger charge is -2.34. The van der Waals surface area contributed by atoms with Gasteiger partial charge in [0.15, 0.2) is 0 Å². The quantitative estimate of drug-likeness (QED) is 0.664. The number of nitrogens with one attached hydrogen (secondary N) is 3. The van der Waals surface area contributed by atoms with Crippen LogP contribution in [0, 0.1) is 0 Å². The number of halogens is 2. The molecule has 2 aliphatic rings. The third-order valence-electron chi connectivity index (χ3n) is 5.52. The van der Waals surface area contributed by atoms with Crippen LogP contribution in [0.25, 0.3) is 0 Å². The zero-order chi connectivity index (χ0) is 21.4. The summed E-state index contributed by atoms with van der Waals surface area (Å²) < 4.78 is 0. The maximum Gasteiger partial charge on any atom is 0.258 e. The van der Waals surface area contributed by atoms with Gasteiger partial charge in [-0.1, -0.05) is 23.2 Å². The van der Waals surface area contributed by atoms with Crippen molar-refractivity contribution >= 4 is 52.5 Å². The maximum atomic E-state index is 12.9. The van der Waals surface area contributed by atoms with Gasteiger partial charge in [0, 0.05) is 24.7 Å². The molecule has 4 rings (SSSR count). The largest absolute Gasteiger partial charge is 0.340 e. The summed E-state index contributed by atoms with van der Waals surface area (Å²) in [4.78, 5) is 47.4. The Morgan fingerprint density at radius 2 is 2.03 bits per heavy atom. The van der Waals surface area contributed by atoms with E-state index in [-0.39, 0.29) is 34.8 Å². The summed E-state index contributed by atoms with van der Waals surface area (Å²) in [5, 5.41) is 5.99. The smallest absolute Gasteiger partial charge is 0.258 e. The van der Waals surface area contributed by atoms with Crippen LogP contribution < -0.4 is 21.1 Å². The maximum absolute atomic E-state index is 12.9. The van der Waals surface area contributed by atoms with Gasteiger partial charge in [-0.05, 0) is 44.4 Å². The van der Waals surface area contributed by atoms with Crippen molar-refractivity contribution in [3.8, 4) is 0 Å². The molecule has 2 aliphatic heterocycles. The molecule has 158 valence electrons. The van der Waals surface area contributed by atoms with E-state index < -0.39 is 17.4 Å². The number of anilines is 3. The van der Waals surface area contributed by atoms with Gasteiger partial charge in [0.25, 0.3) is 5.56 Å². The average molecular weight is 450 g/mol. The van der Waals surface area contributed by atoms with Crippen molar-refractivity contribution in [1.29, 1.82) is 0 Å². The molecule has 1 saturated heterocycles. The number of hydrogen-bond acceptors (Lipinski definition) is 5. The van der Waals surface area contributed by atoms with Crippen LogP contribution in [0.15, 0.2) is 23.0 Å². The highest BCUT2D eigenvalue weighted by Gasteiger charge is 2.35. The number of aromatic nitrogens is 2. The first-order valence-corrected chi connectivity index (χ1v) is 10.6. The molecule has 1 aromatic heterocycles. The Morgan fingerprint density at radius 1 is 1.23 bits per heavy atom. The van der Waals surface area contributed by atoms with E-state index in [1.54, 1.807) is 12.1 Å². The summed E-state index contributed by atoms with van der Waals surface area (Å²) >= 11 is 11.9. The number of hydrogen-bond donors (Lipinski definition) is 3. The monoisotopic (exact) mass is 449 g/mol. The highest BCUT2D eigenvalue weighted by atomic mass is 35.5. The van der Waals surface area contributed by atoms with Gasteiger partial charge in [-0.2, -0.15) is 4.98 Å². The number of benzene rings is 1. The van der Waals surface area contributed by atoms with Crippen LogP contribution in [0.1, 0.15) is 44.1 Å².